The van der Waals surface area contributed by atoms with Crippen molar-refractivity contribution in [1.82, 2.24) is 10.2 Å². The molecule has 2 fully saturated rings. The summed E-state index contributed by atoms with van der Waals surface area (Å²) in [5.74, 6) is 2.24. The fourth-order valence-corrected chi connectivity index (χ4v) is 4.22. The average Bonchev–Trinajstić information content (AvgIpc) is 2.97. The van der Waals surface area contributed by atoms with Crippen molar-refractivity contribution in [2.24, 2.45) is 16.6 Å². The van der Waals surface area contributed by atoms with Crippen LogP contribution in [0.2, 0.25) is 0 Å². The molecule has 6 heteroatoms. The quantitative estimate of drug-likeness (QED) is 0.267. The predicted octanol–water partition coefficient (Wildman–Crippen LogP) is 4.15. The van der Waals surface area contributed by atoms with Gasteiger partial charge in [0.15, 0.2) is 5.96 Å². The Bertz CT molecular complexity index is 577. The summed E-state index contributed by atoms with van der Waals surface area (Å²) in [6, 6.07) is 8.94. The maximum Gasteiger partial charge on any atom is 0.188 e. The molecule has 1 aromatic carbocycles. The van der Waals surface area contributed by atoms with Crippen LogP contribution in [-0.2, 0) is 6.54 Å². The number of piperidine rings is 1. The maximum atomic E-state index is 6.14. The SMILES string of the molecule is COc1ccc(CN2CCC(CN=C(N)NC3CCCCCC3)CC2)cc1.I. The molecule has 0 atom stereocenters. The van der Waals surface area contributed by atoms with Crippen molar-refractivity contribution < 1.29 is 4.74 Å². The second-order valence-corrected chi connectivity index (χ2v) is 8.13. The number of hydrogen-bond donors (Lipinski definition) is 2. The summed E-state index contributed by atoms with van der Waals surface area (Å²) in [6.07, 6.45) is 10.2. The van der Waals surface area contributed by atoms with Crippen LogP contribution in [0.3, 0.4) is 0 Å². The number of rotatable bonds is 6. The molecule has 1 heterocycles. The summed E-state index contributed by atoms with van der Waals surface area (Å²) in [5, 5.41) is 3.46. The summed E-state index contributed by atoms with van der Waals surface area (Å²) >= 11 is 0. The van der Waals surface area contributed by atoms with Crippen LogP contribution in [0.1, 0.15) is 56.9 Å². The first-order chi connectivity index (χ1) is 13.2. The molecule has 158 valence electrons. The Morgan fingerprint density at radius 3 is 2.32 bits per heavy atom. The molecule has 5 nitrogen and oxygen atoms in total. The summed E-state index contributed by atoms with van der Waals surface area (Å²) in [4.78, 5) is 7.19. The molecule has 1 aliphatic carbocycles. The van der Waals surface area contributed by atoms with Crippen molar-refractivity contribution in [3.05, 3.63) is 29.8 Å². The van der Waals surface area contributed by atoms with Crippen LogP contribution in [0.15, 0.2) is 29.3 Å². The molecule has 0 spiro atoms. The minimum atomic E-state index is 0. The van der Waals surface area contributed by atoms with Gasteiger partial charge < -0.3 is 15.8 Å². The lowest BCUT2D eigenvalue weighted by Gasteiger charge is -2.31. The molecule has 2 aliphatic rings. The largest absolute Gasteiger partial charge is 0.497 e. The molecule has 3 rings (SSSR count). The summed E-state index contributed by atoms with van der Waals surface area (Å²) in [7, 11) is 1.71. The molecule has 28 heavy (non-hydrogen) atoms. The lowest BCUT2D eigenvalue weighted by molar-refractivity contribution is 0.180. The van der Waals surface area contributed by atoms with E-state index in [9.17, 15) is 0 Å². The molecule has 0 amide bonds. The lowest BCUT2D eigenvalue weighted by Crippen LogP contribution is -2.40. The lowest BCUT2D eigenvalue weighted by atomic mass is 9.96. The number of ether oxygens (including phenoxy) is 1. The third-order valence-electron chi connectivity index (χ3n) is 6.00. The van der Waals surface area contributed by atoms with Crippen molar-refractivity contribution in [2.45, 2.75) is 64.0 Å². The van der Waals surface area contributed by atoms with Crippen LogP contribution in [0.4, 0.5) is 0 Å². The number of nitrogens with two attached hydrogens (primary N) is 1. The Kier molecular flexibility index (Phi) is 10.4. The highest BCUT2D eigenvalue weighted by atomic mass is 127. The number of guanidine groups is 1. The van der Waals surface area contributed by atoms with Crippen LogP contribution in [0, 0.1) is 5.92 Å². The molecular formula is C22H37IN4O. The number of methoxy groups -OCH3 is 1. The first-order valence-electron chi connectivity index (χ1n) is 10.6. The molecule has 1 aliphatic heterocycles. The van der Waals surface area contributed by atoms with Gasteiger partial charge in [-0.3, -0.25) is 9.89 Å². The fraction of sp³-hybridized carbons (Fsp3) is 0.682. The Hall–Kier alpha value is -1.02. The van der Waals surface area contributed by atoms with Gasteiger partial charge in [0.1, 0.15) is 5.75 Å². The Morgan fingerprint density at radius 2 is 1.71 bits per heavy atom. The molecule has 1 saturated carbocycles. The van der Waals surface area contributed by atoms with E-state index in [0.717, 1.165) is 31.9 Å². The van der Waals surface area contributed by atoms with Gasteiger partial charge in [0.2, 0.25) is 0 Å². The van der Waals surface area contributed by atoms with E-state index in [1.165, 1.54) is 56.9 Å². The van der Waals surface area contributed by atoms with Gasteiger partial charge >= 0.3 is 0 Å². The van der Waals surface area contributed by atoms with E-state index in [4.69, 9.17) is 10.5 Å². The predicted molar refractivity (Wildman–Crippen MR) is 128 cm³/mol. The number of halogens is 1. The zero-order valence-corrected chi connectivity index (χ0v) is 19.6. The van der Waals surface area contributed by atoms with Gasteiger partial charge in [0, 0.05) is 19.1 Å². The summed E-state index contributed by atoms with van der Waals surface area (Å²) < 4.78 is 5.23. The van der Waals surface area contributed by atoms with Crippen molar-refractivity contribution >= 4 is 29.9 Å². The highest BCUT2D eigenvalue weighted by Gasteiger charge is 2.19. The van der Waals surface area contributed by atoms with Crippen molar-refractivity contribution in [3.8, 4) is 5.75 Å². The second-order valence-electron chi connectivity index (χ2n) is 8.13. The molecular weight excluding hydrogens is 463 g/mol. The van der Waals surface area contributed by atoms with Gasteiger partial charge in [-0.25, -0.2) is 0 Å². The molecule has 0 unspecified atom stereocenters. The minimum Gasteiger partial charge on any atom is -0.497 e. The van der Waals surface area contributed by atoms with E-state index in [-0.39, 0.29) is 24.0 Å². The third kappa shape index (κ3) is 7.78. The van der Waals surface area contributed by atoms with Crippen LogP contribution >= 0.6 is 24.0 Å². The highest BCUT2D eigenvalue weighted by Crippen LogP contribution is 2.21. The van der Waals surface area contributed by atoms with Crippen molar-refractivity contribution in [3.63, 3.8) is 0 Å². The zero-order valence-electron chi connectivity index (χ0n) is 17.2. The van der Waals surface area contributed by atoms with Gasteiger partial charge in [-0.1, -0.05) is 37.8 Å². The smallest absolute Gasteiger partial charge is 0.188 e. The Morgan fingerprint density at radius 1 is 1.07 bits per heavy atom. The van der Waals surface area contributed by atoms with Gasteiger partial charge in [-0.05, 0) is 62.4 Å². The average molecular weight is 500 g/mol. The van der Waals surface area contributed by atoms with E-state index < -0.39 is 0 Å². The number of nitrogens with zero attached hydrogens (tertiary/aromatic N) is 2. The standard InChI is InChI=1S/C22H36N4O.HI/c1-27-21-10-8-19(9-11-21)17-26-14-12-18(13-15-26)16-24-22(23)25-20-6-4-2-3-5-7-20;/h8-11,18,20H,2-7,12-17H2,1H3,(H3,23,24,25);1H. The Balaban J connectivity index is 0.00000280. The topological polar surface area (TPSA) is 62.9 Å². The highest BCUT2D eigenvalue weighted by molar-refractivity contribution is 14.0. The summed E-state index contributed by atoms with van der Waals surface area (Å²) in [5.41, 5.74) is 7.50. The maximum absolute atomic E-state index is 6.14. The van der Waals surface area contributed by atoms with E-state index in [1.54, 1.807) is 7.11 Å². The summed E-state index contributed by atoms with van der Waals surface area (Å²) in [6.45, 7) is 4.16. The first kappa shape index (κ1) is 23.3. The number of benzene rings is 1. The number of aliphatic imine (C=N–C) groups is 1. The molecule has 0 bridgehead atoms. The molecule has 3 N–H and O–H groups in total. The monoisotopic (exact) mass is 500 g/mol. The van der Waals surface area contributed by atoms with Crippen LogP contribution in [-0.4, -0.2) is 43.6 Å². The van der Waals surface area contributed by atoms with Crippen LogP contribution in [0.25, 0.3) is 0 Å². The minimum absolute atomic E-state index is 0. The number of likely N-dealkylation sites (tertiary alicyclic amines) is 1. The van der Waals surface area contributed by atoms with Gasteiger partial charge in [-0.2, -0.15) is 0 Å². The normalized spacial score (nSPS) is 20.2. The molecule has 0 radical (unpaired) electrons. The van der Waals surface area contributed by atoms with Gasteiger partial charge in [0.25, 0.3) is 0 Å². The molecule has 1 saturated heterocycles. The van der Waals surface area contributed by atoms with Crippen molar-refractivity contribution in [2.75, 3.05) is 26.7 Å². The number of hydrogen-bond acceptors (Lipinski definition) is 3. The van der Waals surface area contributed by atoms with Gasteiger partial charge in [-0.15, -0.1) is 24.0 Å². The van der Waals surface area contributed by atoms with E-state index in [2.05, 4.69) is 27.3 Å². The van der Waals surface area contributed by atoms with E-state index in [0.29, 0.717) is 17.9 Å². The van der Waals surface area contributed by atoms with Crippen LogP contribution in [0.5, 0.6) is 5.75 Å². The zero-order chi connectivity index (χ0) is 18.9. The van der Waals surface area contributed by atoms with Gasteiger partial charge in [0.05, 0.1) is 7.11 Å². The van der Waals surface area contributed by atoms with Crippen LogP contribution < -0.4 is 15.8 Å². The van der Waals surface area contributed by atoms with E-state index >= 15 is 0 Å². The van der Waals surface area contributed by atoms with E-state index in [1.807, 2.05) is 12.1 Å². The third-order valence-corrected chi connectivity index (χ3v) is 6.00. The first-order valence-corrected chi connectivity index (χ1v) is 10.6. The second kappa shape index (κ2) is 12.5. The van der Waals surface area contributed by atoms with Crippen molar-refractivity contribution in [1.29, 1.82) is 0 Å². The molecule has 1 aromatic rings. The molecule has 0 aromatic heterocycles. The number of nitrogens with one attached hydrogen (secondary N) is 1. The fourth-order valence-electron chi connectivity index (χ4n) is 4.22. The Labute approximate surface area is 187 Å².